The average Bonchev–Trinajstić information content (AvgIpc) is 4.22. The Balaban J connectivity index is 0.000000878. The van der Waals surface area contributed by atoms with Gasteiger partial charge < -0.3 is 18.3 Å². The van der Waals surface area contributed by atoms with Crippen LogP contribution in [-0.4, -0.2) is 29.7 Å². The van der Waals surface area contributed by atoms with Gasteiger partial charge in [0.15, 0.2) is 0 Å². The van der Waals surface area contributed by atoms with Gasteiger partial charge in [-0.05, 0) is 46.5 Å². The minimum Gasteiger partial charge on any atom is -0.326 e. The first-order valence-electron chi connectivity index (χ1n) is 25.3. The van der Waals surface area contributed by atoms with Crippen molar-refractivity contribution in [3.8, 4) is 0 Å². The van der Waals surface area contributed by atoms with Gasteiger partial charge in [-0.25, -0.2) is 0 Å². The molecule has 6 aromatic rings. The van der Waals surface area contributed by atoms with E-state index in [2.05, 4.69) is 188 Å². The minimum absolute atomic E-state index is 0.587. The summed E-state index contributed by atoms with van der Waals surface area (Å²) in [5.41, 5.74) is 15.6. The van der Waals surface area contributed by atoms with Crippen LogP contribution in [0.15, 0.2) is 181 Å². The van der Waals surface area contributed by atoms with Gasteiger partial charge in [-0.15, -0.1) is 0 Å². The SMILES string of the molecule is CC.CC.CC.CC.CC.CC.CC.CC.[CH2-][N+]1=C2C=CC1=C(c1ccccc1)c1ccc3n1Cn1c(ccc1=C(c1ccccc1)C1=[N+]([CH2-])C(=C3c3ccccc3)C=C1)=C2c1ccccc1. The third-order valence-electron chi connectivity index (χ3n) is 10.5. The molecule has 6 bridgehead atoms. The van der Waals surface area contributed by atoms with E-state index < -0.39 is 0 Å². The molecule has 0 fully saturated rings. The van der Waals surface area contributed by atoms with Crippen LogP contribution < -0.4 is 10.7 Å². The number of rotatable bonds is 4. The van der Waals surface area contributed by atoms with E-state index in [1.807, 2.05) is 111 Å². The van der Waals surface area contributed by atoms with Gasteiger partial charge in [0.25, 0.3) is 0 Å². The van der Waals surface area contributed by atoms with E-state index in [1.54, 1.807) is 0 Å². The molecule has 0 N–H and O–H groups in total. The molecule has 4 aromatic carbocycles. The third kappa shape index (κ3) is 11.6. The Kier molecular flexibility index (Phi) is 25.0. The van der Waals surface area contributed by atoms with Crippen molar-refractivity contribution in [2.24, 2.45) is 0 Å². The lowest BCUT2D eigenvalue weighted by molar-refractivity contribution is -0.396. The van der Waals surface area contributed by atoms with E-state index in [4.69, 9.17) is 14.1 Å². The second kappa shape index (κ2) is 29.7. The molecular formula is C63H82N4. The molecule has 4 aliphatic rings. The average molecular weight is 895 g/mol. The van der Waals surface area contributed by atoms with Crippen molar-refractivity contribution >= 4 is 33.7 Å². The molecule has 2 aromatic heterocycles. The van der Waals surface area contributed by atoms with Gasteiger partial charge in [-0.2, -0.15) is 0 Å². The van der Waals surface area contributed by atoms with E-state index in [0.717, 1.165) is 89.4 Å². The van der Waals surface area contributed by atoms with E-state index in [-0.39, 0.29) is 0 Å². The normalized spacial score (nSPS) is 13.0. The van der Waals surface area contributed by atoms with Crippen molar-refractivity contribution in [2.75, 3.05) is 0 Å². The van der Waals surface area contributed by atoms with Gasteiger partial charge in [0.2, 0.25) is 0 Å². The molecule has 4 nitrogen and oxygen atoms in total. The topological polar surface area (TPSA) is 15.9 Å². The van der Waals surface area contributed by atoms with Crippen LogP contribution in [0.1, 0.15) is 144 Å². The zero-order valence-corrected chi connectivity index (χ0v) is 44.1. The van der Waals surface area contributed by atoms with Gasteiger partial charge in [-0.1, -0.05) is 256 Å². The molecule has 67 heavy (non-hydrogen) atoms. The molecule has 10 rings (SSSR count). The van der Waals surface area contributed by atoms with Crippen LogP contribution in [0.25, 0.3) is 22.3 Å². The fraction of sp³-hybridized carbons (Fsp3) is 0.270. The largest absolute Gasteiger partial charge is 0.326 e. The fourth-order valence-corrected chi connectivity index (χ4v) is 8.19. The summed E-state index contributed by atoms with van der Waals surface area (Å²) in [4.78, 5) is 0. The van der Waals surface area contributed by atoms with Crippen molar-refractivity contribution in [1.82, 2.24) is 9.13 Å². The number of allylic oxidation sites excluding steroid dienone is 4. The lowest BCUT2D eigenvalue weighted by atomic mass is 9.99. The number of benzene rings is 4. The molecule has 354 valence electrons. The molecule has 4 aliphatic heterocycles. The zero-order valence-electron chi connectivity index (χ0n) is 44.1. The predicted molar refractivity (Wildman–Crippen MR) is 297 cm³/mol. The van der Waals surface area contributed by atoms with Gasteiger partial charge >= 0.3 is 0 Å². The molecule has 0 aliphatic carbocycles. The van der Waals surface area contributed by atoms with Gasteiger partial charge in [0.1, 0.15) is 22.8 Å². The van der Waals surface area contributed by atoms with Crippen LogP contribution in [-0.2, 0) is 6.67 Å². The maximum absolute atomic E-state index is 4.74. The Bertz CT molecular complexity index is 2540. The Morgan fingerprint density at radius 3 is 0.866 bits per heavy atom. The van der Waals surface area contributed by atoms with E-state index >= 15 is 0 Å². The van der Waals surface area contributed by atoms with Crippen LogP contribution in [0.3, 0.4) is 0 Å². The lowest BCUT2D eigenvalue weighted by Crippen LogP contribution is -2.37. The summed E-state index contributed by atoms with van der Waals surface area (Å²) in [6.07, 6.45) is 8.94. The molecule has 0 unspecified atom stereocenters. The summed E-state index contributed by atoms with van der Waals surface area (Å²) in [5, 5.41) is 2.24. The monoisotopic (exact) mass is 895 g/mol. The summed E-state index contributed by atoms with van der Waals surface area (Å²) in [7, 11) is 9.47. The Labute approximate surface area is 407 Å². The molecule has 6 heterocycles. The Morgan fingerprint density at radius 2 is 0.582 bits per heavy atom. The summed E-state index contributed by atoms with van der Waals surface area (Å²) >= 11 is 0. The lowest BCUT2D eigenvalue weighted by Gasteiger charge is -2.25. The zero-order chi connectivity index (χ0) is 50.1. The first kappa shape index (κ1) is 56.3. The van der Waals surface area contributed by atoms with Crippen LogP contribution in [0.4, 0.5) is 0 Å². The molecule has 0 saturated carbocycles. The van der Waals surface area contributed by atoms with Crippen molar-refractivity contribution in [3.05, 3.63) is 240 Å². The van der Waals surface area contributed by atoms with Crippen LogP contribution in [0, 0.1) is 14.1 Å². The number of hydrogen-bond acceptors (Lipinski definition) is 0. The molecule has 0 saturated heterocycles. The number of hydrogen-bond donors (Lipinski definition) is 0. The molecule has 4 heteroatoms. The quantitative estimate of drug-likeness (QED) is 0.124. The number of aromatic nitrogens is 2. The molecular weight excluding hydrogens is 813 g/mol. The first-order chi connectivity index (χ1) is 33.2. The van der Waals surface area contributed by atoms with E-state index in [0.29, 0.717) is 6.67 Å². The molecule has 0 spiro atoms. The highest BCUT2D eigenvalue weighted by atomic mass is 15.2. The predicted octanol–water partition coefficient (Wildman–Crippen LogP) is 15.6. The number of fused-ring (bicyclic) bond motifs is 2. The maximum Gasteiger partial charge on any atom is 0.114 e. The summed E-state index contributed by atoms with van der Waals surface area (Å²) in [5.74, 6) is 0. The third-order valence-corrected chi connectivity index (χ3v) is 10.5. The minimum atomic E-state index is 0.587. The summed E-state index contributed by atoms with van der Waals surface area (Å²) < 4.78 is 9.26. The molecule has 0 amide bonds. The second-order valence-corrected chi connectivity index (χ2v) is 13.2. The highest BCUT2D eigenvalue weighted by molar-refractivity contribution is 6.28. The highest BCUT2D eigenvalue weighted by Crippen LogP contribution is 2.38. The second-order valence-electron chi connectivity index (χ2n) is 13.2. The van der Waals surface area contributed by atoms with Crippen LogP contribution >= 0.6 is 0 Å². The number of nitrogens with zero attached hydrogens (tertiary/aromatic N) is 4. The standard InChI is InChI=1S/C47H34N4.8C2H6/c1-48-36-23-24-37(48)45(33-17-9-4-10-18-33)41-28-30-43-47(35-21-13-6-14-22-35)39-26-25-38(49(39)2)46(34-19-11-5-12-20-34)42-29-27-40(50(42)31-51(41)43)44(36)32-15-7-3-8-16-32;8*1-2/h3-30H,1-2,31H2;8*1-2H3. The maximum atomic E-state index is 4.74. The van der Waals surface area contributed by atoms with Crippen molar-refractivity contribution in [3.63, 3.8) is 0 Å². The summed E-state index contributed by atoms with van der Waals surface area (Å²) in [6, 6.07) is 52.1. The van der Waals surface area contributed by atoms with Gasteiger partial charge in [0.05, 0.1) is 6.67 Å². The molecule has 0 atom stereocenters. The fourth-order valence-electron chi connectivity index (χ4n) is 8.19. The van der Waals surface area contributed by atoms with Crippen LogP contribution in [0.2, 0.25) is 0 Å². The smallest absolute Gasteiger partial charge is 0.114 e. The Hall–Kier alpha value is -6.78. The Morgan fingerprint density at radius 1 is 0.313 bits per heavy atom. The highest BCUT2D eigenvalue weighted by Gasteiger charge is 2.30. The van der Waals surface area contributed by atoms with Gasteiger partial charge in [-0.3, -0.25) is 0 Å². The van der Waals surface area contributed by atoms with Crippen molar-refractivity contribution < 1.29 is 9.15 Å². The first-order valence-corrected chi connectivity index (χ1v) is 25.3. The van der Waals surface area contributed by atoms with Crippen molar-refractivity contribution in [2.45, 2.75) is 117 Å². The molecule has 0 radical (unpaired) electrons. The van der Waals surface area contributed by atoms with E-state index in [1.165, 1.54) is 0 Å². The van der Waals surface area contributed by atoms with Crippen LogP contribution in [0.5, 0.6) is 0 Å². The summed E-state index contributed by atoms with van der Waals surface area (Å²) in [6.45, 7) is 32.6. The van der Waals surface area contributed by atoms with E-state index in [9.17, 15) is 0 Å². The van der Waals surface area contributed by atoms with Crippen molar-refractivity contribution in [1.29, 1.82) is 0 Å². The van der Waals surface area contributed by atoms with Gasteiger partial charge in [0, 0.05) is 58.5 Å².